The van der Waals surface area contributed by atoms with Crippen molar-refractivity contribution in [1.29, 1.82) is 0 Å². The molecule has 2 nitrogen and oxygen atoms in total. The van der Waals surface area contributed by atoms with Crippen LogP contribution >= 0.6 is 0 Å². The Morgan fingerprint density at radius 1 is 0.952 bits per heavy atom. The highest BCUT2D eigenvalue weighted by Gasteiger charge is 2.09. The van der Waals surface area contributed by atoms with E-state index >= 15 is 0 Å². The van der Waals surface area contributed by atoms with Gasteiger partial charge in [0.05, 0.1) is 0 Å². The average molecular weight is 291 g/mol. The highest BCUT2D eigenvalue weighted by atomic mass is 19.3. The molecule has 0 aliphatic heterocycles. The quantitative estimate of drug-likeness (QED) is 0.870. The lowest BCUT2D eigenvalue weighted by Gasteiger charge is -2.13. The summed E-state index contributed by atoms with van der Waals surface area (Å²) in [7, 11) is 0. The summed E-state index contributed by atoms with van der Waals surface area (Å²) in [6, 6.07) is 14.7. The van der Waals surface area contributed by atoms with Crippen molar-refractivity contribution in [1.82, 2.24) is 0 Å². The molecule has 0 aromatic heterocycles. The molecule has 0 spiro atoms. The molecule has 2 N–H and O–H groups in total. The maximum atomic E-state index is 12.1. The minimum atomic E-state index is -2.80. The minimum Gasteiger partial charge on any atom is -0.435 e. The van der Waals surface area contributed by atoms with Gasteiger partial charge in [-0.25, -0.2) is 0 Å². The summed E-state index contributed by atoms with van der Waals surface area (Å²) in [5, 5.41) is 0. The molecule has 0 radical (unpaired) electrons. The Morgan fingerprint density at radius 2 is 1.52 bits per heavy atom. The van der Waals surface area contributed by atoms with Crippen molar-refractivity contribution in [3.05, 3.63) is 65.2 Å². The van der Waals surface area contributed by atoms with Gasteiger partial charge in [-0.15, -0.1) is 0 Å². The number of hydrogen-bond acceptors (Lipinski definition) is 2. The molecule has 0 heterocycles. The normalized spacial score (nSPS) is 12.4. The molecule has 2 aromatic rings. The van der Waals surface area contributed by atoms with Gasteiger partial charge in [-0.3, -0.25) is 0 Å². The highest BCUT2D eigenvalue weighted by Crippen LogP contribution is 2.21. The van der Waals surface area contributed by atoms with E-state index in [1.165, 1.54) is 17.7 Å². The highest BCUT2D eigenvalue weighted by molar-refractivity contribution is 5.31. The summed E-state index contributed by atoms with van der Waals surface area (Å²) in [6.07, 6.45) is 1.72. The van der Waals surface area contributed by atoms with Gasteiger partial charge in [0.15, 0.2) is 0 Å². The van der Waals surface area contributed by atoms with Crippen molar-refractivity contribution in [3.63, 3.8) is 0 Å². The van der Waals surface area contributed by atoms with Crippen LogP contribution in [-0.4, -0.2) is 6.61 Å². The summed E-state index contributed by atoms with van der Waals surface area (Å²) in [4.78, 5) is 0. The summed E-state index contributed by atoms with van der Waals surface area (Å²) in [5.41, 5.74) is 9.51. The first-order valence-electron chi connectivity index (χ1n) is 6.96. The predicted molar refractivity (Wildman–Crippen MR) is 79.5 cm³/mol. The molecule has 2 aromatic carbocycles. The van der Waals surface area contributed by atoms with Crippen LogP contribution in [0.1, 0.15) is 29.7 Å². The van der Waals surface area contributed by atoms with Crippen LogP contribution in [0, 0.1) is 0 Å². The molecule has 0 bridgehead atoms. The standard InChI is InChI=1S/C17H19F2NO/c1-2-12-3-5-13(6-4-12)11-16(20)14-7-9-15(10-8-14)21-17(18)19/h3-10,16-17H,2,11,20H2,1H3. The van der Waals surface area contributed by atoms with E-state index in [4.69, 9.17) is 5.73 Å². The van der Waals surface area contributed by atoms with Crippen molar-refractivity contribution in [2.45, 2.75) is 32.4 Å². The van der Waals surface area contributed by atoms with Gasteiger partial charge in [-0.2, -0.15) is 8.78 Å². The van der Waals surface area contributed by atoms with Crippen molar-refractivity contribution < 1.29 is 13.5 Å². The van der Waals surface area contributed by atoms with Gasteiger partial charge in [0.2, 0.25) is 0 Å². The van der Waals surface area contributed by atoms with E-state index in [1.54, 1.807) is 12.1 Å². The van der Waals surface area contributed by atoms with E-state index in [-0.39, 0.29) is 11.8 Å². The summed E-state index contributed by atoms with van der Waals surface area (Å²) >= 11 is 0. The third-order valence-corrected chi connectivity index (χ3v) is 3.42. The van der Waals surface area contributed by atoms with Gasteiger partial charge in [-0.1, -0.05) is 43.3 Å². The van der Waals surface area contributed by atoms with Gasteiger partial charge in [0.1, 0.15) is 5.75 Å². The van der Waals surface area contributed by atoms with E-state index in [9.17, 15) is 8.78 Å². The fourth-order valence-electron chi connectivity index (χ4n) is 2.18. The first-order chi connectivity index (χ1) is 10.1. The number of nitrogens with two attached hydrogens (primary N) is 1. The number of halogens is 2. The monoisotopic (exact) mass is 291 g/mol. The third kappa shape index (κ3) is 4.53. The zero-order chi connectivity index (χ0) is 15.2. The number of rotatable bonds is 6. The van der Waals surface area contributed by atoms with E-state index in [1.807, 2.05) is 0 Å². The minimum absolute atomic E-state index is 0.147. The van der Waals surface area contributed by atoms with Crippen LogP contribution in [-0.2, 0) is 12.8 Å². The lowest BCUT2D eigenvalue weighted by molar-refractivity contribution is -0.0498. The third-order valence-electron chi connectivity index (χ3n) is 3.42. The second-order valence-corrected chi connectivity index (χ2v) is 4.93. The van der Waals surface area contributed by atoms with Crippen LogP contribution in [0.5, 0.6) is 5.75 Å². The van der Waals surface area contributed by atoms with Crippen LogP contribution in [0.4, 0.5) is 8.78 Å². The molecule has 0 saturated heterocycles. The molecular weight excluding hydrogens is 272 g/mol. The van der Waals surface area contributed by atoms with Gasteiger partial charge < -0.3 is 10.5 Å². The number of alkyl halides is 2. The van der Waals surface area contributed by atoms with Gasteiger partial charge >= 0.3 is 6.61 Å². The van der Waals surface area contributed by atoms with Gasteiger partial charge in [-0.05, 0) is 41.7 Å². The van der Waals surface area contributed by atoms with Crippen LogP contribution in [0.3, 0.4) is 0 Å². The first-order valence-corrected chi connectivity index (χ1v) is 6.96. The molecule has 0 aliphatic carbocycles. The molecule has 0 saturated carbocycles. The zero-order valence-electron chi connectivity index (χ0n) is 11.9. The number of hydrogen-bond donors (Lipinski definition) is 1. The fourth-order valence-corrected chi connectivity index (χ4v) is 2.18. The summed E-state index contributed by atoms with van der Waals surface area (Å²) < 4.78 is 28.5. The van der Waals surface area contributed by atoms with Gasteiger partial charge in [0, 0.05) is 6.04 Å². The molecule has 1 unspecified atom stereocenters. The molecule has 21 heavy (non-hydrogen) atoms. The second kappa shape index (κ2) is 7.18. The van der Waals surface area contributed by atoms with E-state index < -0.39 is 6.61 Å². The van der Waals surface area contributed by atoms with Crippen molar-refractivity contribution >= 4 is 0 Å². The van der Waals surface area contributed by atoms with Crippen LogP contribution in [0.25, 0.3) is 0 Å². The van der Waals surface area contributed by atoms with E-state index in [0.717, 1.165) is 17.5 Å². The maximum Gasteiger partial charge on any atom is 0.387 e. The van der Waals surface area contributed by atoms with E-state index in [2.05, 4.69) is 35.9 Å². The van der Waals surface area contributed by atoms with Crippen LogP contribution in [0.15, 0.2) is 48.5 Å². The Balaban J connectivity index is 2.00. The smallest absolute Gasteiger partial charge is 0.387 e. The van der Waals surface area contributed by atoms with Crippen molar-refractivity contribution in [2.24, 2.45) is 5.73 Å². The molecule has 2 rings (SSSR count). The average Bonchev–Trinajstić information content (AvgIpc) is 2.48. The Bertz CT molecular complexity index is 552. The molecule has 112 valence electrons. The van der Waals surface area contributed by atoms with E-state index in [0.29, 0.717) is 6.42 Å². The molecule has 1 atom stereocenters. The zero-order valence-corrected chi connectivity index (χ0v) is 11.9. The molecule has 4 heteroatoms. The van der Waals surface area contributed by atoms with Crippen molar-refractivity contribution in [3.8, 4) is 5.75 Å². The number of aryl methyl sites for hydroxylation is 1. The largest absolute Gasteiger partial charge is 0.435 e. The van der Waals surface area contributed by atoms with Crippen LogP contribution in [0.2, 0.25) is 0 Å². The Hall–Kier alpha value is -1.94. The van der Waals surface area contributed by atoms with Gasteiger partial charge in [0.25, 0.3) is 0 Å². The Labute approximate surface area is 123 Å². The topological polar surface area (TPSA) is 35.2 Å². The number of benzene rings is 2. The molecule has 0 aliphatic rings. The molecule has 0 fully saturated rings. The Morgan fingerprint density at radius 3 is 2.05 bits per heavy atom. The SMILES string of the molecule is CCc1ccc(CC(N)c2ccc(OC(F)F)cc2)cc1. The summed E-state index contributed by atoms with van der Waals surface area (Å²) in [5.74, 6) is 0.147. The lowest BCUT2D eigenvalue weighted by Crippen LogP contribution is -2.13. The molecule has 0 amide bonds. The lowest BCUT2D eigenvalue weighted by atomic mass is 9.98. The summed E-state index contributed by atoms with van der Waals surface area (Å²) in [6.45, 7) is -0.689. The second-order valence-electron chi connectivity index (χ2n) is 4.93. The van der Waals surface area contributed by atoms with Crippen molar-refractivity contribution in [2.75, 3.05) is 0 Å². The number of ether oxygens (including phenoxy) is 1. The maximum absolute atomic E-state index is 12.1. The first kappa shape index (κ1) is 15.4. The fraction of sp³-hybridized carbons (Fsp3) is 0.294. The van der Waals surface area contributed by atoms with Crippen LogP contribution < -0.4 is 10.5 Å². The molecular formula is C17H19F2NO. The Kier molecular flexibility index (Phi) is 5.28. The predicted octanol–water partition coefficient (Wildman–Crippen LogP) is 4.09.